The van der Waals surface area contributed by atoms with Crippen LogP contribution in [-0.4, -0.2) is 33.4 Å². The molecule has 0 spiro atoms. The van der Waals surface area contributed by atoms with Crippen LogP contribution in [0.25, 0.3) is 11.3 Å². The molecule has 1 aromatic carbocycles. The van der Waals surface area contributed by atoms with Crippen molar-refractivity contribution in [1.82, 2.24) is 15.5 Å². The zero-order valence-corrected chi connectivity index (χ0v) is 12.0. The fourth-order valence-corrected chi connectivity index (χ4v) is 2.41. The smallest absolute Gasteiger partial charge is 0.269 e. The SMILES string of the molecule is Cc1ccc(-c2cc(C(=O)NCC3(O)CCC3)[nH]n2)cc1. The Labute approximate surface area is 123 Å². The van der Waals surface area contributed by atoms with Crippen molar-refractivity contribution in [2.24, 2.45) is 0 Å². The lowest BCUT2D eigenvalue weighted by Crippen LogP contribution is -2.47. The summed E-state index contributed by atoms with van der Waals surface area (Å²) in [5, 5.41) is 19.6. The Kier molecular flexibility index (Phi) is 3.51. The summed E-state index contributed by atoms with van der Waals surface area (Å²) >= 11 is 0. The Morgan fingerprint density at radius 2 is 2.10 bits per heavy atom. The third-order valence-corrected chi connectivity index (χ3v) is 4.03. The molecule has 3 rings (SSSR count). The molecule has 1 saturated carbocycles. The Bertz CT molecular complexity index is 642. The fourth-order valence-electron chi connectivity index (χ4n) is 2.41. The van der Waals surface area contributed by atoms with E-state index < -0.39 is 5.60 Å². The highest BCUT2D eigenvalue weighted by Crippen LogP contribution is 2.30. The van der Waals surface area contributed by atoms with Gasteiger partial charge in [0, 0.05) is 12.1 Å². The van der Waals surface area contributed by atoms with Crippen LogP contribution < -0.4 is 5.32 Å². The molecule has 5 nitrogen and oxygen atoms in total. The molecule has 0 bridgehead atoms. The van der Waals surface area contributed by atoms with E-state index in [0.717, 1.165) is 30.5 Å². The van der Waals surface area contributed by atoms with Gasteiger partial charge >= 0.3 is 0 Å². The van der Waals surface area contributed by atoms with Crippen LogP contribution >= 0.6 is 0 Å². The average molecular weight is 285 g/mol. The van der Waals surface area contributed by atoms with E-state index in [-0.39, 0.29) is 5.91 Å². The van der Waals surface area contributed by atoms with Gasteiger partial charge < -0.3 is 10.4 Å². The van der Waals surface area contributed by atoms with E-state index in [4.69, 9.17) is 0 Å². The monoisotopic (exact) mass is 285 g/mol. The standard InChI is InChI=1S/C16H19N3O2/c1-11-3-5-12(6-4-11)13-9-14(19-18-13)15(20)17-10-16(21)7-2-8-16/h3-6,9,21H,2,7-8,10H2,1H3,(H,17,20)(H,18,19). The number of hydrogen-bond donors (Lipinski definition) is 3. The van der Waals surface area contributed by atoms with Crippen molar-refractivity contribution < 1.29 is 9.90 Å². The zero-order valence-electron chi connectivity index (χ0n) is 12.0. The van der Waals surface area contributed by atoms with Crippen molar-refractivity contribution in [3.8, 4) is 11.3 Å². The molecule has 21 heavy (non-hydrogen) atoms. The van der Waals surface area contributed by atoms with Crippen molar-refractivity contribution in [1.29, 1.82) is 0 Å². The average Bonchev–Trinajstić information content (AvgIpc) is 2.93. The predicted octanol–water partition coefficient (Wildman–Crippen LogP) is 2.03. The van der Waals surface area contributed by atoms with Gasteiger partial charge in [-0.15, -0.1) is 0 Å². The molecule has 0 aliphatic heterocycles. The van der Waals surface area contributed by atoms with Crippen LogP contribution in [0.2, 0.25) is 0 Å². The summed E-state index contributed by atoms with van der Waals surface area (Å²) in [6, 6.07) is 9.70. The number of H-pyrrole nitrogens is 1. The van der Waals surface area contributed by atoms with Crippen LogP contribution in [-0.2, 0) is 0 Å². The van der Waals surface area contributed by atoms with E-state index in [2.05, 4.69) is 15.5 Å². The molecule has 1 aliphatic rings. The number of aliphatic hydroxyl groups is 1. The summed E-state index contributed by atoms with van der Waals surface area (Å²) < 4.78 is 0. The lowest BCUT2D eigenvalue weighted by molar-refractivity contribution is -0.0300. The highest BCUT2D eigenvalue weighted by atomic mass is 16.3. The van der Waals surface area contributed by atoms with Crippen LogP contribution in [0, 0.1) is 6.92 Å². The van der Waals surface area contributed by atoms with Gasteiger partial charge in [-0.2, -0.15) is 5.10 Å². The number of nitrogens with zero attached hydrogens (tertiary/aromatic N) is 1. The number of benzene rings is 1. The van der Waals surface area contributed by atoms with E-state index >= 15 is 0 Å². The van der Waals surface area contributed by atoms with Crippen molar-refractivity contribution >= 4 is 5.91 Å². The number of carbonyl (C=O) groups excluding carboxylic acids is 1. The third kappa shape index (κ3) is 2.97. The van der Waals surface area contributed by atoms with E-state index in [1.165, 1.54) is 5.56 Å². The van der Waals surface area contributed by atoms with Crippen molar-refractivity contribution in [3.05, 3.63) is 41.6 Å². The molecule has 1 aliphatic carbocycles. The van der Waals surface area contributed by atoms with Crippen molar-refractivity contribution in [2.75, 3.05) is 6.54 Å². The molecule has 1 amide bonds. The maximum Gasteiger partial charge on any atom is 0.269 e. The highest BCUT2D eigenvalue weighted by molar-refractivity contribution is 5.93. The minimum absolute atomic E-state index is 0.235. The Morgan fingerprint density at radius 3 is 2.71 bits per heavy atom. The molecule has 1 aromatic heterocycles. The summed E-state index contributed by atoms with van der Waals surface area (Å²) in [4.78, 5) is 12.0. The van der Waals surface area contributed by atoms with Gasteiger partial charge in [0.1, 0.15) is 5.69 Å². The number of nitrogens with one attached hydrogen (secondary N) is 2. The van der Waals surface area contributed by atoms with Crippen molar-refractivity contribution in [3.63, 3.8) is 0 Å². The Balaban J connectivity index is 1.66. The maximum atomic E-state index is 12.0. The van der Waals surface area contributed by atoms with Gasteiger partial charge in [-0.25, -0.2) is 0 Å². The predicted molar refractivity (Wildman–Crippen MR) is 79.9 cm³/mol. The van der Waals surface area contributed by atoms with Crippen LogP contribution in [0.5, 0.6) is 0 Å². The number of aromatic amines is 1. The minimum Gasteiger partial charge on any atom is -0.388 e. The Morgan fingerprint density at radius 1 is 1.38 bits per heavy atom. The molecule has 1 fully saturated rings. The molecule has 0 atom stereocenters. The molecule has 0 unspecified atom stereocenters. The molecular weight excluding hydrogens is 266 g/mol. The van der Waals surface area contributed by atoms with Gasteiger partial charge in [0.15, 0.2) is 0 Å². The second-order valence-electron chi connectivity index (χ2n) is 5.79. The van der Waals surface area contributed by atoms with Crippen LogP contribution in [0.1, 0.15) is 35.3 Å². The summed E-state index contributed by atoms with van der Waals surface area (Å²) in [7, 11) is 0. The Hall–Kier alpha value is -2.14. The summed E-state index contributed by atoms with van der Waals surface area (Å²) in [5.74, 6) is -0.235. The first-order valence-electron chi connectivity index (χ1n) is 7.19. The van der Waals surface area contributed by atoms with Gasteiger partial charge in [0.2, 0.25) is 0 Å². The summed E-state index contributed by atoms with van der Waals surface area (Å²) in [6.45, 7) is 2.32. The number of aromatic nitrogens is 2. The van der Waals surface area contributed by atoms with Crippen LogP contribution in [0.3, 0.4) is 0 Å². The molecule has 0 saturated heterocycles. The van der Waals surface area contributed by atoms with E-state index in [9.17, 15) is 9.90 Å². The maximum absolute atomic E-state index is 12.0. The largest absolute Gasteiger partial charge is 0.388 e. The van der Waals surface area contributed by atoms with Gasteiger partial charge in [-0.1, -0.05) is 29.8 Å². The molecule has 3 N–H and O–H groups in total. The van der Waals surface area contributed by atoms with E-state index in [1.807, 2.05) is 31.2 Å². The van der Waals surface area contributed by atoms with Gasteiger partial charge in [-0.05, 0) is 32.3 Å². The molecule has 2 aromatic rings. The highest BCUT2D eigenvalue weighted by Gasteiger charge is 2.34. The van der Waals surface area contributed by atoms with Crippen LogP contribution in [0.4, 0.5) is 0 Å². The minimum atomic E-state index is -0.713. The molecule has 1 heterocycles. The first-order valence-corrected chi connectivity index (χ1v) is 7.19. The molecule has 5 heteroatoms. The molecular formula is C16H19N3O2. The topological polar surface area (TPSA) is 78.0 Å². The number of amides is 1. The van der Waals surface area contributed by atoms with E-state index in [1.54, 1.807) is 6.07 Å². The normalized spacial score (nSPS) is 16.3. The van der Waals surface area contributed by atoms with E-state index in [0.29, 0.717) is 12.2 Å². The second kappa shape index (κ2) is 5.33. The fraction of sp³-hybridized carbons (Fsp3) is 0.375. The lowest BCUT2D eigenvalue weighted by atomic mass is 9.80. The lowest BCUT2D eigenvalue weighted by Gasteiger charge is -2.36. The number of aryl methyl sites for hydroxylation is 1. The summed E-state index contributed by atoms with van der Waals surface area (Å²) in [6.07, 6.45) is 2.53. The van der Waals surface area contributed by atoms with Gasteiger partial charge in [-0.3, -0.25) is 9.89 Å². The van der Waals surface area contributed by atoms with Gasteiger partial charge in [0.05, 0.1) is 11.3 Å². The molecule has 110 valence electrons. The number of hydrogen-bond acceptors (Lipinski definition) is 3. The molecule has 0 radical (unpaired) electrons. The second-order valence-corrected chi connectivity index (χ2v) is 5.79. The zero-order chi connectivity index (χ0) is 14.9. The number of rotatable bonds is 4. The quantitative estimate of drug-likeness (QED) is 0.804. The first kappa shape index (κ1) is 13.8. The van der Waals surface area contributed by atoms with Gasteiger partial charge in [0.25, 0.3) is 5.91 Å². The third-order valence-electron chi connectivity index (χ3n) is 4.03. The van der Waals surface area contributed by atoms with Crippen LogP contribution in [0.15, 0.2) is 30.3 Å². The number of carbonyl (C=O) groups is 1. The van der Waals surface area contributed by atoms with Crippen molar-refractivity contribution in [2.45, 2.75) is 31.8 Å². The summed E-state index contributed by atoms with van der Waals surface area (Å²) in [5.41, 5.74) is 2.58. The first-order chi connectivity index (χ1) is 10.1.